The normalized spacial score (nSPS) is 15.4. The van der Waals surface area contributed by atoms with E-state index in [9.17, 15) is 17.8 Å². The largest absolute Gasteiger partial charge is 0.337 e. The van der Waals surface area contributed by atoms with Crippen LogP contribution in [-0.4, -0.2) is 27.8 Å². The van der Waals surface area contributed by atoms with Gasteiger partial charge in [-0.1, -0.05) is 18.2 Å². The monoisotopic (exact) mass is 476 g/mol. The number of rotatable bonds is 7. The van der Waals surface area contributed by atoms with E-state index in [0.29, 0.717) is 22.7 Å². The molecule has 0 saturated heterocycles. The van der Waals surface area contributed by atoms with Crippen LogP contribution in [0.1, 0.15) is 27.9 Å². The van der Waals surface area contributed by atoms with Crippen molar-refractivity contribution in [2.24, 2.45) is 9.54 Å². The highest BCUT2D eigenvalue weighted by Crippen LogP contribution is 2.24. The topological polar surface area (TPSA) is 87.8 Å². The fourth-order valence-electron chi connectivity index (χ4n) is 3.10. The highest BCUT2D eigenvalue weighted by Gasteiger charge is 2.20. The van der Waals surface area contributed by atoms with Crippen molar-refractivity contribution < 1.29 is 17.8 Å². The molecule has 0 saturated carbocycles. The number of halogens is 2. The van der Waals surface area contributed by atoms with E-state index in [-0.39, 0.29) is 17.7 Å². The van der Waals surface area contributed by atoms with E-state index in [2.05, 4.69) is 9.12 Å². The van der Waals surface area contributed by atoms with Gasteiger partial charge in [0.15, 0.2) is 0 Å². The molecule has 3 rings (SSSR count). The molecule has 0 aromatic heterocycles. The maximum absolute atomic E-state index is 14.0. The van der Waals surface area contributed by atoms with Gasteiger partial charge >= 0.3 is 0 Å². The molecule has 3 N–H and O–H groups in total. The minimum Gasteiger partial charge on any atom is -0.337 e. The van der Waals surface area contributed by atoms with Gasteiger partial charge in [0.2, 0.25) is 0 Å². The Hall–Kier alpha value is -2.82. The number of nitrogens with one attached hydrogen (secondary N) is 1. The zero-order valence-electron chi connectivity index (χ0n) is 17.5. The number of nitrogens with two attached hydrogens (primary N) is 1. The third-order valence-corrected chi connectivity index (χ3v) is 6.21. The summed E-state index contributed by atoms with van der Waals surface area (Å²) in [4.78, 5) is 15.0. The molecule has 1 aliphatic rings. The summed E-state index contributed by atoms with van der Waals surface area (Å²) in [5.41, 5.74) is 2.42. The standard InChI is InChI=1S/C22H22F2N4O2S2/c1-14-6-9-19(22(29)28(2)13-15-7-8-16(23)11-20(15)24)21(10-14)27-32(30)18-5-3-4-17(12-18)26-31-25/h3-11,27H,12-13,25H2,1-2H3/b26-17-. The molecular formula is C22H22F2N4O2S2. The zero-order valence-corrected chi connectivity index (χ0v) is 19.1. The van der Waals surface area contributed by atoms with Crippen LogP contribution in [0.15, 0.2) is 63.9 Å². The van der Waals surface area contributed by atoms with Crippen LogP contribution in [0.2, 0.25) is 0 Å². The van der Waals surface area contributed by atoms with Crippen molar-refractivity contribution in [2.45, 2.75) is 19.9 Å². The molecule has 168 valence electrons. The van der Waals surface area contributed by atoms with E-state index < -0.39 is 28.5 Å². The van der Waals surface area contributed by atoms with Gasteiger partial charge in [0.05, 0.1) is 29.1 Å². The van der Waals surface area contributed by atoms with E-state index in [1.807, 2.05) is 6.92 Å². The first kappa shape index (κ1) is 23.8. The van der Waals surface area contributed by atoms with E-state index in [0.717, 1.165) is 29.8 Å². The van der Waals surface area contributed by atoms with E-state index in [4.69, 9.17) is 5.14 Å². The van der Waals surface area contributed by atoms with Gasteiger partial charge in [-0.05, 0) is 42.8 Å². The summed E-state index contributed by atoms with van der Waals surface area (Å²) in [5, 5.41) is 5.37. The number of allylic oxidation sites excluding steroid dienone is 4. The Kier molecular flexibility index (Phi) is 7.94. The number of carbonyl (C=O) groups excluding carboxylic acids is 1. The first-order valence-corrected chi connectivity index (χ1v) is 11.6. The SMILES string of the molecule is Cc1ccc(C(=O)N(C)Cc2ccc(F)cc2F)c(NS(=O)C2=CC=C/C(=N/SN)C2)c1. The van der Waals surface area contributed by atoms with Gasteiger partial charge in [-0.15, -0.1) is 0 Å². The van der Waals surface area contributed by atoms with Crippen molar-refractivity contribution in [2.75, 3.05) is 11.8 Å². The predicted octanol–water partition coefficient (Wildman–Crippen LogP) is 4.43. The highest BCUT2D eigenvalue weighted by atomic mass is 32.2. The van der Waals surface area contributed by atoms with E-state index >= 15 is 0 Å². The van der Waals surface area contributed by atoms with Gasteiger partial charge in [-0.3, -0.25) is 9.93 Å². The van der Waals surface area contributed by atoms with Crippen molar-refractivity contribution in [3.8, 4) is 0 Å². The van der Waals surface area contributed by atoms with Crippen LogP contribution in [0.25, 0.3) is 0 Å². The van der Waals surface area contributed by atoms with Gasteiger partial charge in [-0.25, -0.2) is 17.4 Å². The van der Waals surface area contributed by atoms with Crippen molar-refractivity contribution in [3.05, 3.63) is 87.9 Å². The second-order valence-corrected chi connectivity index (χ2v) is 8.83. The second kappa shape index (κ2) is 10.7. The summed E-state index contributed by atoms with van der Waals surface area (Å²) < 4.78 is 47.1. The molecule has 0 aliphatic heterocycles. The molecule has 2 aromatic carbocycles. The Morgan fingerprint density at radius 1 is 1.28 bits per heavy atom. The quantitative estimate of drug-likeness (QED) is 0.579. The molecule has 0 bridgehead atoms. The average Bonchev–Trinajstić information content (AvgIpc) is 2.76. The average molecular weight is 477 g/mol. The molecule has 6 nitrogen and oxygen atoms in total. The molecule has 1 unspecified atom stereocenters. The maximum Gasteiger partial charge on any atom is 0.256 e. The minimum absolute atomic E-state index is 0.0477. The fourth-order valence-corrected chi connectivity index (χ4v) is 4.34. The third-order valence-electron chi connectivity index (χ3n) is 4.71. The number of aryl methyl sites for hydroxylation is 1. The lowest BCUT2D eigenvalue weighted by Gasteiger charge is -2.21. The Labute approximate surface area is 192 Å². The Balaban J connectivity index is 1.80. The molecule has 1 amide bonds. The number of carbonyl (C=O) groups is 1. The van der Waals surface area contributed by atoms with Crippen LogP contribution >= 0.6 is 12.1 Å². The number of amides is 1. The van der Waals surface area contributed by atoms with E-state index in [1.165, 1.54) is 18.0 Å². The second-order valence-electron chi connectivity index (χ2n) is 7.17. The molecule has 1 atom stereocenters. The first-order valence-electron chi connectivity index (χ1n) is 9.57. The molecule has 0 radical (unpaired) electrons. The molecular weight excluding hydrogens is 454 g/mol. The minimum atomic E-state index is -1.62. The van der Waals surface area contributed by atoms with Gasteiger partial charge in [-0.2, -0.15) is 0 Å². The predicted molar refractivity (Wildman–Crippen MR) is 126 cm³/mol. The summed E-state index contributed by atoms with van der Waals surface area (Å²) in [7, 11) is -0.0965. The Morgan fingerprint density at radius 3 is 2.78 bits per heavy atom. The van der Waals surface area contributed by atoms with Gasteiger partial charge in [0.25, 0.3) is 5.91 Å². The maximum atomic E-state index is 14.0. The van der Waals surface area contributed by atoms with Crippen LogP contribution in [-0.2, 0) is 17.5 Å². The molecule has 0 fully saturated rings. The molecule has 1 aliphatic carbocycles. The Bertz CT molecular complexity index is 1150. The number of anilines is 1. The van der Waals surface area contributed by atoms with Gasteiger partial charge in [0, 0.05) is 36.5 Å². The first-order chi connectivity index (χ1) is 15.3. The van der Waals surface area contributed by atoms with Crippen LogP contribution in [0, 0.1) is 18.6 Å². The summed E-state index contributed by atoms with van der Waals surface area (Å²) in [6.45, 7) is 1.81. The molecule has 0 spiro atoms. The summed E-state index contributed by atoms with van der Waals surface area (Å²) in [6, 6.07) is 8.34. The van der Waals surface area contributed by atoms with Crippen molar-refractivity contribution >= 4 is 40.4 Å². The molecule has 32 heavy (non-hydrogen) atoms. The summed E-state index contributed by atoms with van der Waals surface area (Å²) in [5.74, 6) is -1.80. The Morgan fingerprint density at radius 2 is 2.06 bits per heavy atom. The number of benzene rings is 2. The van der Waals surface area contributed by atoms with Crippen LogP contribution in [0.3, 0.4) is 0 Å². The third kappa shape index (κ3) is 5.90. The van der Waals surface area contributed by atoms with Crippen LogP contribution < -0.4 is 9.86 Å². The lowest BCUT2D eigenvalue weighted by atomic mass is 10.1. The fraction of sp³-hybridized carbons (Fsp3) is 0.182. The molecule has 2 aromatic rings. The number of nitrogens with zero attached hydrogens (tertiary/aromatic N) is 2. The van der Waals surface area contributed by atoms with Crippen LogP contribution in [0.5, 0.6) is 0 Å². The zero-order chi connectivity index (χ0) is 23.3. The van der Waals surface area contributed by atoms with Crippen molar-refractivity contribution in [3.63, 3.8) is 0 Å². The summed E-state index contributed by atoms with van der Waals surface area (Å²) in [6.07, 6.45) is 5.61. The summed E-state index contributed by atoms with van der Waals surface area (Å²) >= 11 is 0.832. The smallest absolute Gasteiger partial charge is 0.256 e. The van der Waals surface area contributed by atoms with Gasteiger partial charge in [0.1, 0.15) is 22.6 Å². The lowest BCUT2D eigenvalue weighted by Crippen LogP contribution is -2.28. The number of hydrogen-bond acceptors (Lipinski definition) is 5. The highest BCUT2D eigenvalue weighted by molar-refractivity contribution is 7.95. The number of hydrogen-bond donors (Lipinski definition) is 2. The van der Waals surface area contributed by atoms with Crippen molar-refractivity contribution in [1.29, 1.82) is 0 Å². The van der Waals surface area contributed by atoms with Crippen LogP contribution in [0.4, 0.5) is 14.5 Å². The molecule has 10 heteroatoms. The van der Waals surface area contributed by atoms with Gasteiger partial charge < -0.3 is 9.62 Å². The van der Waals surface area contributed by atoms with E-state index in [1.54, 1.807) is 36.4 Å². The molecule has 0 heterocycles. The van der Waals surface area contributed by atoms with Crippen molar-refractivity contribution in [1.82, 2.24) is 4.90 Å². The lowest BCUT2D eigenvalue weighted by molar-refractivity contribution is 0.0785.